The third-order valence-electron chi connectivity index (χ3n) is 13.3. The molecule has 9 rings (SSSR count). The van der Waals surface area contributed by atoms with E-state index in [1.54, 1.807) is 18.2 Å². The van der Waals surface area contributed by atoms with Crippen LogP contribution in [0.15, 0.2) is 48.5 Å². The summed E-state index contributed by atoms with van der Waals surface area (Å²) in [6, 6.07) is 13.9. The van der Waals surface area contributed by atoms with Gasteiger partial charge in [-0.05, 0) is 67.1 Å². The van der Waals surface area contributed by atoms with Crippen LogP contribution in [-0.2, 0) is 26.2 Å². The van der Waals surface area contributed by atoms with Gasteiger partial charge in [-0.25, -0.2) is 4.85 Å². The Morgan fingerprint density at radius 3 is 2.38 bits per heavy atom. The Bertz CT molecular complexity index is 2550. The predicted octanol–water partition coefficient (Wildman–Crippen LogP) is 5.13. The lowest BCUT2D eigenvalue weighted by molar-refractivity contribution is -0.136. The van der Waals surface area contributed by atoms with Crippen LogP contribution in [0, 0.1) is 6.57 Å². The van der Waals surface area contributed by atoms with Crippen LogP contribution in [0.4, 0.5) is 11.4 Å². The number of imide groups is 2. The Kier molecular flexibility index (Phi) is 9.82. The fraction of sp³-hybridized carbons (Fsp3) is 0.413. The average Bonchev–Trinajstić information content (AvgIpc) is 3.77. The highest BCUT2D eigenvalue weighted by molar-refractivity contribution is 6.24. The molecule has 1 atom stereocenters. The van der Waals surface area contributed by atoms with Gasteiger partial charge in [-0.2, -0.15) is 0 Å². The molecule has 4 aliphatic heterocycles. The van der Waals surface area contributed by atoms with E-state index in [-0.39, 0.29) is 54.4 Å². The van der Waals surface area contributed by atoms with Crippen LogP contribution in [0.3, 0.4) is 0 Å². The molecule has 3 saturated heterocycles. The van der Waals surface area contributed by atoms with Crippen LogP contribution in [0.2, 0.25) is 0 Å². The lowest BCUT2D eigenvalue weighted by atomic mass is 9.70. The van der Waals surface area contributed by atoms with Gasteiger partial charge >= 0.3 is 0 Å². The minimum atomic E-state index is -1.07. The van der Waals surface area contributed by atoms with Crippen molar-refractivity contribution in [2.24, 2.45) is 0 Å². The van der Waals surface area contributed by atoms with Gasteiger partial charge in [0.25, 0.3) is 11.8 Å². The Labute approximate surface area is 347 Å². The third-order valence-corrected chi connectivity index (χ3v) is 13.3. The van der Waals surface area contributed by atoms with Crippen molar-refractivity contribution in [2.45, 2.75) is 76.8 Å². The molecule has 1 unspecified atom stereocenters. The van der Waals surface area contributed by atoms with Crippen molar-refractivity contribution in [2.75, 3.05) is 50.8 Å². The molecule has 14 heteroatoms. The van der Waals surface area contributed by atoms with Crippen molar-refractivity contribution >= 4 is 57.6 Å². The van der Waals surface area contributed by atoms with Crippen molar-refractivity contribution in [3.63, 3.8) is 0 Å². The van der Waals surface area contributed by atoms with Crippen molar-refractivity contribution in [3.05, 3.63) is 99.0 Å². The van der Waals surface area contributed by atoms with E-state index in [9.17, 15) is 28.8 Å². The normalized spacial score (nSPS) is 20.5. The molecule has 0 saturated carbocycles. The zero-order valence-corrected chi connectivity index (χ0v) is 34.1. The number of nitrogens with one attached hydrogen (secondary N) is 2. The number of benzene rings is 3. The van der Waals surface area contributed by atoms with Crippen LogP contribution >= 0.6 is 0 Å². The monoisotopic (exact) mass is 809 g/mol. The number of nitrogens with zero attached hydrogens (tertiary/aromatic N) is 5. The summed E-state index contributed by atoms with van der Waals surface area (Å²) in [6.45, 7) is 18.5. The first-order valence-corrected chi connectivity index (χ1v) is 20.9. The summed E-state index contributed by atoms with van der Waals surface area (Å²) >= 11 is 0. The fourth-order valence-corrected chi connectivity index (χ4v) is 9.96. The van der Waals surface area contributed by atoms with Gasteiger partial charge in [0.2, 0.25) is 17.7 Å². The number of anilines is 1. The van der Waals surface area contributed by atoms with Gasteiger partial charge in [0.15, 0.2) is 11.5 Å². The van der Waals surface area contributed by atoms with Gasteiger partial charge in [0, 0.05) is 85.0 Å². The molecule has 1 aromatic heterocycles. The fourth-order valence-electron chi connectivity index (χ4n) is 9.96. The van der Waals surface area contributed by atoms with Gasteiger partial charge in [0.1, 0.15) is 11.8 Å². The van der Waals surface area contributed by atoms with E-state index in [1.165, 1.54) is 11.8 Å². The number of hydrogen-bond donors (Lipinski definition) is 2. The lowest BCUT2D eigenvalue weighted by Crippen LogP contribution is -2.54. The number of carbonyl (C=O) groups excluding carboxylic acids is 6. The number of rotatable bonds is 8. The number of amides is 5. The smallest absolute Gasteiger partial charge is 0.266 e. The molecule has 60 heavy (non-hydrogen) atoms. The first kappa shape index (κ1) is 39.1. The van der Waals surface area contributed by atoms with Crippen molar-refractivity contribution in [1.29, 1.82) is 0 Å². The van der Waals surface area contributed by atoms with Gasteiger partial charge in [-0.1, -0.05) is 39.0 Å². The molecule has 308 valence electrons. The maximum Gasteiger partial charge on any atom is 0.266 e. The number of fused-ring (bicyclic) bond motifs is 5. The number of hydrogen-bond acceptors (Lipinski definition) is 9. The maximum atomic E-state index is 14.1. The highest BCUT2D eigenvalue weighted by atomic mass is 16.5. The highest BCUT2D eigenvalue weighted by Gasteiger charge is 2.46. The number of aromatic amines is 1. The SMILES string of the molecule is [C-]#[N+]c1ccc2c3c([nH]c2c1)C(C)(C)c1cc(N2CCC(N4CCN(C(=O)CCOc5cccc6c5C(=O)N(C5CCC(=O)NC5=O)C6=O)CC4)CC2)c(CC)cc1C3=O. The van der Waals surface area contributed by atoms with E-state index in [2.05, 4.69) is 57.8 Å². The first-order chi connectivity index (χ1) is 28.9. The number of aromatic nitrogens is 1. The van der Waals surface area contributed by atoms with Gasteiger partial charge in [-0.15, -0.1) is 0 Å². The quantitative estimate of drug-likeness (QED) is 0.182. The molecule has 5 amide bonds. The standard InChI is InChI=1S/C46H47N7O7/c1-5-26-23-31-32(46(2,3)42-40(41(31)56)29-10-9-27(47-4)24-33(29)48-42)25-35(26)51-16-13-28(14-17-51)50-18-20-52(21-19-50)38(55)15-22-60-36-8-6-7-30-39(36)45(59)53(44(30)58)34-11-12-37(54)49-43(34)57/h6-10,23-25,28,34,48H,5,11-22H2,1-3H3,(H,49,54,57). The summed E-state index contributed by atoms with van der Waals surface area (Å²) in [7, 11) is 0. The second kappa shape index (κ2) is 15.0. The van der Waals surface area contributed by atoms with E-state index in [0.717, 1.165) is 83.6 Å². The zero-order chi connectivity index (χ0) is 42.0. The molecule has 3 fully saturated rings. The Morgan fingerprint density at radius 2 is 1.67 bits per heavy atom. The molecule has 0 spiro atoms. The summed E-state index contributed by atoms with van der Waals surface area (Å²) < 4.78 is 5.93. The van der Waals surface area contributed by atoms with Gasteiger partial charge < -0.3 is 19.5 Å². The number of carbonyl (C=O) groups is 6. The van der Waals surface area contributed by atoms with Crippen molar-refractivity contribution in [1.82, 2.24) is 25.0 Å². The largest absolute Gasteiger partial charge is 0.492 e. The van der Waals surface area contributed by atoms with E-state index in [4.69, 9.17) is 11.3 Å². The van der Waals surface area contributed by atoms with E-state index in [0.29, 0.717) is 30.4 Å². The molecule has 1 aliphatic carbocycles. The van der Waals surface area contributed by atoms with Crippen LogP contribution in [0.25, 0.3) is 15.7 Å². The topological polar surface area (TPSA) is 157 Å². The van der Waals surface area contributed by atoms with Gasteiger partial charge in [-0.3, -0.25) is 43.9 Å². The van der Waals surface area contributed by atoms with E-state index in [1.807, 2.05) is 17.0 Å². The highest BCUT2D eigenvalue weighted by Crippen LogP contribution is 2.46. The average molecular weight is 810 g/mol. The molecule has 5 aliphatic rings. The Hall–Kier alpha value is -6.33. The molecule has 0 radical (unpaired) electrons. The molecular weight excluding hydrogens is 763 g/mol. The third kappa shape index (κ3) is 6.43. The summed E-state index contributed by atoms with van der Waals surface area (Å²) in [6.07, 6.45) is 2.99. The Balaban J connectivity index is 0.793. The molecular formula is C46H47N7O7. The van der Waals surface area contributed by atoms with Crippen molar-refractivity contribution in [3.8, 4) is 5.75 Å². The number of H-pyrrole nitrogens is 1. The van der Waals surface area contributed by atoms with Crippen LogP contribution in [0.5, 0.6) is 5.75 Å². The number of ether oxygens (including phenoxy) is 1. The molecule has 3 aromatic carbocycles. The number of ketones is 1. The van der Waals surface area contributed by atoms with Crippen molar-refractivity contribution < 1.29 is 33.5 Å². The van der Waals surface area contributed by atoms with Gasteiger partial charge in [0.05, 0.1) is 36.3 Å². The minimum Gasteiger partial charge on any atom is -0.492 e. The molecule has 4 aromatic rings. The number of aryl methyl sites for hydroxylation is 1. The maximum absolute atomic E-state index is 14.1. The molecule has 14 nitrogen and oxygen atoms in total. The van der Waals surface area contributed by atoms with Crippen LogP contribution < -0.4 is 15.0 Å². The molecule has 0 bridgehead atoms. The number of piperidine rings is 2. The summed E-state index contributed by atoms with van der Waals surface area (Å²) in [5, 5.41) is 3.06. The van der Waals surface area contributed by atoms with E-state index >= 15 is 0 Å². The molecule has 2 N–H and O–H groups in total. The zero-order valence-electron chi connectivity index (χ0n) is 34.1. The summed E-state index contributed by atoms with van der Waals surface area (Å²) in [5.74, 6) is -2.20. The van der Waals surface area contributed by atoms with Crippen LogP contribution in [-0.4, -0.2) is 113 Å². The summed E-state index contributed by atoms with van der Waals surface area (Å²) in [4.78, 5) is 92.9. The first-order valence-electron chi connectivity index (χ1n) is 20.9. The predicted molar refractivity (Wildman–Crippen MR) is 223 cm³/mol. The van der Waals surface area contributed by atoms with E-state index < -0.39 is 35.1 Å². The summed E-state index contributed by atoms with van der Waals surface area (Å²) in [5.41, 5.74) is 6.83. The van der Waals surface area contributed by atoms with Crippen LogP contribution in [0.1, 0.15) is 106 Å². The second-order valence-corrected chi connectivity index (χ2v) is 16.9. The lowest BCUT2D eigenvalue weighted by Gasteiger charge is -2.44. The second-order valence-electron chi connectivity index (χ2n) is 16.9. The number of piperazine rings is 1. The minimum absolute atomic E-state index is 0.0225. The Morgan fingerprint density at radius 1 is 0.900 bits per heavy atom. The molecule has 5 heterocycles.